The number of carbonyl (C=O) groups is 4. The number of carboxylic acid groups (broad SMARTS) is 4. The average Bonchev–Trinajstić information content (AvgIpc) is 3.65. The molecule has 0 spiro atoms. The van der Waals surface area contributed by atoms with E-state index in [1.54, 1.807) is 6.20 Å². The maximum atomic E-state index is 10.4. The number of hydrogen-bond acceptors (Lipinski definition) is 10. The van der Waals surface area contributed by atoms with Crippen LogP contribution in [0, 0.1) is 0 Å². The number of imidazole rings is 1. The van der Waals surface area contributed by atoms with Gasteiger partial charge in [-0.3, -0.25) is 19.2 Å². The van der Waals surface area contributed by atoms with Crippen LogP contribution in [0.2, 0.25) is 0 Å². The minimum absolute atomic E-state index is 0.263. The Balaban J connectivity index is 0.000000525. The van der Waals surface area contributed by atoms with E-state index < -0.39 is 42.0 Å². The van der Waals surface area contributed by atoms with Crippen LogP contribution in [0.5, 0.6) is 0 Å². The first-order valence-corrected chi connectivity index (χ1v) is 13.0. The Labute approximate surface area is 238 Å². The van der Waals surface area contributed by atoms with Crippen LogP contribution in [0.25, 0.3) is 0 Å². The number of aromatic amines is 1. The second-order valence-electron chi connectivity index (χ2n) is 9.06. The molecule has 15 heteroatoms. The molecule has 2 aromatic rings. The van der Waals surface area contributed by atoms with Gasteiger partial charge in [0.2, 0.25) is 0 Å². The fourth-order valence-electron chi connectivity index (χ4n) is 3.20. The number of benzene rings is 1. The van der Waals surface area contributed by atoms with Crippen molar-refractivity contribution < 1.29 is 39.6 Å². The molecule has 0 radical (unpaired) electrons. The number of aromatic nitrogens is 2. The summed E-state index contributed by atoms with van der Waals surface area (Å²) in [4.78, 5) is 47.5. The Bertz CT molecular complexity index is 1000. The zero-order valence-corrected chi connectivity index (χ0v) is 22.9. The van der Waals surface area contributed by atoms with Crippen LogP contribution in [-0.2, 0) is 32.0 Å². The van der Waals surface area contributed by atoms with Gasteiger partial charge in [0.15, 0.2) is 0 Å². The molecule has 3 rings (SSSR count). The van der Waals surface area contributed by atoms with Crippen LogP contribution >= 0.6 is 0 Å². The minimum atomic E-state index is -1.01. The predicted molar refractivity (Wildman–Crippen MR) is 151 cm³/mol. The third kappa shape index (κ3) is 18.9. The summed E-state index contributed by atoms with van der Waals surface area (Å²) in [6.45, 7) is 1.46. The number of rotatable bonds is 12. The Kier molecular flexibility index (Phi) is 19.8. The third-order valence-corrected chi connectivity index (χ3v) is 5.56. The van der Waals surface area contributed by atoms with Crippen LogP contribution in [0.4, 0.5) is 0 Å². The van der Waals surface area contributed by atoms with Crippen molar-refractivity contribution in [3.63, 3.8) is 0 Å². The molecule has 0 aliphatic carbocycles. The molecule has 41 heavy (non-hydrogen) atoms. The molecule has 15 nitrogen and oxygen atoms in total. The monoisotopic (exact) mass is 581 g/mol. The van der Waals surface area contributed by atoms with Gasteiger partial charge < -0.3 is 53.7 Å². The number of nitrogens with zero attached hydrogens (tertiary/aromatic N) is 1. The first-order valence-electron chi connectivity index (χ1n) is 13.0. The largest absolute Gasteiger partial charge is 0.480 e. The fourth-order valence-corrected chi connectivity index (χ4v) is 3.20. The number of aliphatic carboxylic acids is 4. The summed E-state index contributed by atoms with van der Waals surface area (Å²) in [5.41, 5.74) is 22.6. The van der Waals surface area contributed by atoms with Crippen LogP contribution in [-0.4, -0.2) is 91.5 Å². The summed E-state index contributed by atoms with van der Waals surface area (Å²) in [6.07, 6.45) is 7.71. The Hall–Kier alpha value is -3.89. The first-order chi connectivity index (χ1) is 19.4. The van der Waals surface area contributed by atoms with Gasteiger partial charge in [-0.2, -0.15) is 0 Å². The van der Waals surface area contributed by atoms with Gasteiger partial charge in [0.05, 0.1) is 12.0 Å². The van der Waals surface area contributed by atoms with Crippen LogP contribution < -0.4 is 28.3 Å². The Morgan fingerprint density at radius 3 is 1.88 bits per heavy atom. The van der Waals surface area contributed by atoms with Crippen LogP contribution in [0.3, 0.4) is 0 Å². The van der Waals surface area contributed by atoms with E-state index in [0.29, 0.717) is 25.1 Å². The second kappa shape index (κ2) is 21.9. The van der Waals surface area contributed by atoms with Gasteiger partial charge in [0.1, 0.15) is 24.2 Å². The zero-order valence-electron chi connectivity index (χ0n) is 22.9. The molecular formula is C26H43N7O8. The highest BCUT2D eigenvalue weighted by atomic mass is 16.4. The molecular weight excluding hydrogens is 538 g/mol. The predicted octanol–water partition coefficient (Wildman–Crippen LogP) is -0.645. The molecule has 1 aromatic carbocycles. The molecule has 0 unspecified atom stereocenters. The van der Waals surface area contributed by atoms with Crippen LogP contribution in [0.15, 0.2) is 42.9 Å². The summed E-state index contributed by atoms with van der Waals surface area (Å²) >= 11 is 0. The maximum Gasteiger partial charge on any atom is 0.320 e. The zero-order chi connectivity index (χ0) is 31.2. The third-order valence-electron chi connectivity index (χ3n) is 5.56. The Morgan fingerprint density at radius 2 is 1.46 bits per heavy atom. The normalized spacial score (nSPS) is 15.8. The molecule has 1 fully saturated rings. The van der Waals surface area contributed by atoms with Crippen molar-refractivity contribution in [3.05, 3.63) is 54.1 Å². The van der Waals surface area contributed by atoms with Crippen molar-refractivity contribution in [2.45, 2.75) is 69.1 Å². The lowest BCUT2D eigenvalue weighted by Gasteiger charge is -2.04. The summed E-state index contributed by atoms with van der Waals surface area (Å²) in [5, 5.41) is 36.5. The number of H-pyrrole nitrogens is 1. The Morgan fingerprint density at radius 1 is 0.878 bits per heavy atom. The molecule has 230 valence electrons. The molecule has 1 aliphatic rings. The van der Waals surface area contributed by atoms with Gasteiger partial charge >= 0.3 is 23.9 Å². The molecule has 0 amide bonds. The minimum Gasteiger partial charge on any atom is -0.480 e. The number of unbranched alkanes of at least 4 members (excludes halogenated alkanes) is 1. The topological polar surface area (TPSA) is 294 Å². The van der Waals surface area contributed by atoms with Gasteiger partial charge in [0.25, 0.3) is 0 Å². The molecule has 1 aromatic heterocycles. The highest BCUT2D eigenvalue weighted by molar-refractivity contribution is 5.74. The highest BCUT2D eigenvalue weighted by Crippen LogP contribution is 2.03. The number of hydrogen-bond donors (Lipinski definition) is 10. The molecule has 4 atom stereocenters. The van der Waals surface area contributed by atoms with Crippen LogP contribution in [0.1, 0.15) is 43.4 Å². The van der Waals surface area contributed by atoms with E-state index in [1.165, 1.54) is 6.33 Å². The van der Waals surface area contributed by atoms with E-state index in [0.717, 1.165) is 37.8 Å². The first kappa shape index (κ1) is 37.1. The number of nitrogens with one attached hydrogen (secondary N) is 2. The van der Waals surface area contributed by atoms with E-state index in [1.807, 2.05) is 30.3 Å². The summed E-state index contributed by atoms with van der Waals surface area (Å²) in [6, 6.07) is 6.70. The second-order valence-corrected chi connectivity index (χ2v) is 9.06. The standard InChI is InChI=1S/C9H11NO2.C6H9N3O2.C6H14N2O2.C5H9NO2/c10-8(9(11)12)6-7-4-2-1-3-5-7;7-5(6(10)11)1-4-2-8-3-9-4;7-4-2-1-3-5(8)6(9)10;7-5(8)4-2-1-3-6-4/h1-5,8H,6,10H2,(H,11,12);2-3,5H,1,7H2,(H,8,9)(H,10,11);5H,1-4,7-8H2,(H,9,10);4,6H,1-3H2,(H,7,8)/t8-;2*5-;4-/m0000/s1. The quantitative estimate of drug-likeness (QED) is 0.139. The summed E-state index contributed by atoms with van der Waals surface area (Å²) in [7, 11) is 0. The highest BCUT2D eigenvalue weighted by Gasteiger charge is 2.20. The van der Waals surface area contributed by atoms with Crippen molar-refractivity contribution in [2.24, 2.45) is 22.9 Å². The number of carboxylic acids is 4. The van der Waals surface area contributed by atoms with E-state index in [2.05, 4.69) is 15.3 Å². The lowest BCUT2D eigenvalue weighted by Crippen LogP contribution is -2.32. The van der Waals surface area contributed by atoms with Gasteiger partial charge in [0, 0.05) is 12.6 Å². The van der Waals surface area contributed by atoms with Crippen molar-refractivity contribution in [3.8, 4) is 0 Å². The van der Waals surface area contributed by atoms with E-state index in [-0.39, 0.29) is 12.5 Å². The van der Waals surface area contributed by atoms with Crippen molar-refractivity contribution in [1.29, 1.82) is 0 Å². The maximum absolute atomic E-state index is 10.4. The van der Waals surface area contributed by atoms with Gasteiger partial charge in [-0.15, -0.1) is 0 Å². The molecule has 1 aliphatic heterocycles. The van der Waals surface area contributed by atoms with Crippen molar-refractivity contribution in [1.82, 2.24) is 15.3 Å². The molecule has 0 saturated carbocycles. The van der Waals surface area contributed by atoms with Crippen molar-refractivity contribution >= 4 is 23.9 Å². The summed E-state index contributed by atoms with van der Waals surface area (Å²) < 4.78 is 0. The summed E-state index contributed by atoms with van der Waals surface area (Å²) in [5.74, 6) is -3.62. The van der Waals surface area contributed by atoms with Gasteiger partial charge in [-0.25, -0.2) is 4.98 Å². The number of nitrogens with two attached hydrogens (primary N) is 4. The van der Waals surface area contributed by atoms with Crippen molar-refractivity contribution in [2.75, 3.05) is 13.1 Å². The lowest BCUT2D eigenvalue weighted by molar-refractivity contribution is -0.139. The van der Waals surface area contributed by atoms with E-state index in [4.69, 9.17) is 43.4 Å². The molecule has 2 heterocycles. The van der Waals surface area contributed by atoms with E-state index in [9.17, 15) is 19.2 Å². The lowest BCUT2D eigenvalue weighted by atomic mass is 10.1. The van der Waals surface area contributed by atoms with Gasteiger partial charge in [-0.05, 0) is 50.8 Å². The van der Waals surface area contributed by atoms with Gasteiger partial charge in [-0.1, -0.05) is 36.8 Å². The van der Waals surface area contributed by atoms with E-state index >= 15 is 0 Å². The molecule has 1 saturated heterocycles. The molecule has 14 N–H and O–H groups in total. The molecule has 0 bridgehead atoms. The SMILES string of the molecule is NCCCC[C@H](N)C(=O)O.N[C@@H](Cc1c[nH]cn1)C(=O)O.N[C@@H](Cc1ccccc1)C(=O)O.O=C(O)[C@@H]1CCCN1. The fraction of sp³-hybridized carbons (Fsp3) is 0.500. The smallest absolute Gasteiger partial charge is 0.320 e. The average molecular weight is 582 g/mol.